The van der Waals surface area contributed by atoms with Gasteiger partial charge in [0.1, 0.15) is 0 Å². The first-order valence-electron chi connectivity index (χ1n) is 8.75. The third-order valence-corrected chi connectivity index (χ3v) is 4.69. The number of benzene rings is 2. The molecular formula is C20H22ClN3O2. The average Bonchev–Trinajstić information content (AvgIpc) is 3.16. The lowest BCUT2D eigenvalue weighted by atomic mass is 10.1. The molecule has 1 heterocycles. The highest BCUT2D eigenvalue weighted by molar-refractivity contribution is 6.30. The van der Waals surface area contributed by atoms with Gasteiger partial charge in [-0.15, -0.1) is 0 Å². The van der Waals surface area contributed by atoms with E-state index in [-0.39, 0.29) is 18.0 Å². The summed E-state index contributed by atoms with van der Waals surface area (Å²) in [6.07, 6.45) is 2.10. The van der Waals surface area contributed by atoms with Gasteiger partial charge in [-0.1, -0.05) is 29.8 Å². The van der Waals surface area contributed by atoms with Gasteiger partial charge in [-0.25, -0.2) is 4.79 Å². The van der Waals surface area contributed by atoms with Crippen molar-refractivity contribution in [2.45, 2.75) is 25.8 Å². The van der Waals surface area contributed by atoms with E-state index in [2.05, 4.69) is 10.6 Å². The van der Waals surface area contributed by atoms with E-state index in [1.54, 1.807) is 30.3 Å². The molecule has 0 unspecified atom stereocenters. The number of carbonyl (C=O) groups excluding carboxylic acids is 2. The Balaban J connectivity index is 1.62. The monoisotopic (exact) mass is 371 g/mol. The lowest BCUT2D eigenvalue weighted by Gasteiger charge is -2.17. The minimum Gasteiger partial charge on any atom is -0.339 e. The van der Waals surface area contributed by atoms with E-state index in [0.29, 0.717) is 16.3 Å². The molecule has 2 aromatic rings. The molecule has 6 heteroatoms. The van der Waals surface area contributed by atoms with E-state index in [0.717, 1.165) is 31.5 Å². The number of amides is 3. The van der Waals surface area contributed by atoms with Crippen molar-refractivity contribution in [1.29, 1.82) is 0 Å². The number of halogens is 1. The van der Waals surface area contributed by atoms with Crippen molar-refractivity contribution in [2.24, 2.45) is 0 Å². The van der Waals surface area contributed by atoms with Gasteiger partial charge in [0, 0.05) is 29.4 Å². The molecule has 1 fully saturated rings. The zero-order chi connectivity index (χ0) is 18.5. The second-order valence-corrected chi connectivity index (χ2v) is 6.89. The van der Waals surface area contributed by atoms with E-state index in [1.165, 1.54) is 0 Å². The number of urea groups is 1. The van der Waals surface area contributed by atoms with Gasteiger partial charge in [0.05, 0.1) is 6.04 Å². The average molecular weight is 372 g/mol. The molecular weight excluding hydrogens is 350 g/mol. The Hall–Kier alpha value is -2.53. The van der Waals surface area contributed by atoms with Crippen LogP contribution >= 0.6 is 11.6 Å². The van der Waals surface area contributed by atoms with Crippen LogP contribution in [0.4, 0.5) is 10.5 Å². The SMILES string of the molecule is C[C@H](NC(=O)Nc1cccc(C(=O)N2CCCC2)c1)c1cccc(Cl)c1. The summed E-state index contributed by atoms with van der Waals surface area (Å²) in [6, 6.07) is 13.9. The topological polar surface area (TPSA) is 61.4 Å². The number of hydrogen-bond donors (Lipinski definition) is 2. The molecule has 2 N–H and O–H groups in total. The third kappa shape index (κ3) is 4.55. The second-order valence-electron chi connectivity index (χ2n) is 6.46. The van der Waals surface area contributed by atoms with Crippen molar-refractivity contribution in [3.05, 3.63) is 64.7 Å². The van der Waals surface area contributed by atoms with Gasteiger partial charge in [0.25, 0.3) is 5.91 Å². The molecule has 2 aromatic carbocycles. The maximum atomic E-state index is 12.5. The Morgan fingerprint density at radius 2 is 1.81 bits per heavy atom. The summed E-state index contributed by atoms with van der Waals surface area (Å²) >= 11 is 5.99. The van der Waals surface area contributed by atoms with Crippen LogP contribution in [0.2, 0.25) is 5.02 Å². The van der Waals surface area contributed by atoms with Gasteiger partial charge >= 0.3 is 6.03 Å². The van der Waals surface area contributed by atoms with Crippen LogP contribution in [0.15, 0.2) is 48.5 Å². The van der Waals surface area contributed by atoms with Crippen molar-refractivity contribution in [3.8, 4) is 0 Å². The largest absolute Gasteiger partial charge is 0.339 e. The van der Waals surface area contributed by atoms with Gasteiger partial charge in [-0.05, 0) is 55.7 Å². The zero-order valence-corrected chi connectivity index (χ0v) is 15.4. The molecule has 1 aliphatic heterocycles. The number of nitrogens with one attached hydrogen (secondary N) is 2. The zero-order valence-electron chi connectivity index (χ0n) is 14.7. The molecule has 1 aliphatic rings. The van der Waals surface area contributed by atoms with E-state index < -0.39 is 0 Å². The van der Waals surface area contributed by atoms with Crippen molar-refractivity contribution >= 4 is 29.2 Å². The van der Waals surface area contributed by atoms with Crippen LogP contribution < -0.4 is 10.6 Å². The first-order valence-corrected chi connectivity index (χ1v) is 9.13. The highest BCUT2D eigenvalue weighted by Gasteiger charge is 2.19. The molecule has 0 spiro atoms. The number of anilines is 1. The summed E-state index contributed by atoms with van der Waals surface area (Å²) in [7, 11) is 0. The fraction of sp³-hybridized carbons (Fsp3) is 0.300. The van der Waals surface area contributed by atoms with Crippen LogP contribution in [-0.2, 0) is 0 Å². The van der Waals surface area contributed by atoms with Gasteiger partial charge in [-0.2, -0.15) is 0 Å². The Morgan fingerprint density at radius 3 is 2.54 bits per heavy atom. The first-order chi connectivity index (χ1) is 12.5. The first kappa shape index (κ1) is 18.3. The molecule has 136 valence electrons. The number of rotatable bonds is 4. The standard InChI is InChI=1S/C20H22ClN3O2/c1-14(15-6-4-8-17(21)12-15)22-20(26)23-18-9-5-7-16(13-18)19(25)24-10-2-3-11-24/h4-9,12-14H,2-3,10-11H2,1H3,(H2,22,23,26)/t14-/m0/s1. The minimum atomic E-state index is -0.330. The molecule has 0 aromatic heterocycles. The molecule has 0 radical (unpaired) electrons. The Bertz CT molecular complexity index is 803. The normalized spacial score (nSPS) is 14.8. The van der Waals surface area contributed by atoms with E-state index in [1.807, 2.05) is 30.0 Å². The summed E-state index contributed by atoms with van der Waals surface area (Å²) in [5, 5.41) is 6.29. The lowest BCUT2D eigenvalue weighted by molar-refractivity contribution is 0.0793. The predicted molar refractivity (Wildman–Crippen MR) is 104 cm³/mol. The van der Waals surface area contributed by atoms with Crippen molar-refractivity contribution in [3.63, 3.8) is 0 Å². The molecule has 5 nitrogen and oxygen atoms in total. The highest BCUT2D eigenvalue weighted by atomic mass is 35.5. The maximum absolute atomic E-state index is 12.5. The van der Waals surface area contributed by atoms with Crippen LogP contribution in [0, 0.1) is 0 Å². The van der Waals surface area contributed by atoms with Crippen LogP contribution in [0.3, 0.4) is 0 Å². The summed E-state index contributed by atoms with van der Waals surface area (Å²) < 4.78 is 0. The van der Waals surface area contributed by atoms with E-state index >= 15 is 0 Å². The number of carbonyl (C=O) groups is 2. The van der Waals surface area contributed by atoms with Gasteiger partial charge in [0.2, 0.25) is 0 Å². The molecule has 1 atom stereocenters. The molecule has 1 saturated heterocycles. The minimum absolute atomic E-state index is 0.0128. The van der Waals surface area contributed by atoms with Crippen LogP contribution in [0.5, 0.6) is 0 Å². The molecule has 0 bridgehead atoms. The predicted octanol–water partition coefficient (Wildman–Crippen LogP) is 4.46. The summed E-state index contributed by atoms with van der Waals surface area (Å²) in [4.78, 5) is 26.6. The van der Waals surface area contributed by atoms with Crippen molar-refractivity contribution < 1.29 is 9.59 Å². The fourth-order valence-electron chi connectivity index (χ4n) is 3.06. The van der Waals surface area contributed by atoms with Crippen LogP contribution in [0.25, 0.3) is 0 Å². The lowest BCUT2D eigenvalue weighted by Crippen LogP contribution is -2.31. The van der Waals surface area contributed by atoms with Crippen molar-refractivity contribution in [1.82, 2.24) is 10.2 Å². The van der Waals surface area contributed by atoms with Crippen LogP contribution in [-0.4, -0.2) is 29.9 Å². The Morgan fingerprint density at radius 1 is 1.08 bits per heavy atom. The fourth-order valence-corrected chi connectivity index (χ4v) is 3.25. The van der Waals surface area contributed by atoms with E-state index in [4.69, 9.17) is 11.6 Å². The second kappa shape index (κ2) is 8.23. The Labute approximate surface area is 158 Å². The van der Waals surface area contributed by atoms with E-state index in [9.17, 15) is 9.59 Å². The molecule has 0 aliphatic carbocycles. The molecule has 26 heavy (non-hydrogen) atoms. The Kier molecular flexibility index (Phi) is 5.78. The third-order valence-electron chi connectivity index (χ3n) is 4.46. The molecule has 0 saturated carbocycles. The number of nitrogens with zero attached hydrogens (tertiary/aromatic N) is 1. The molecule has 3 rings (SSSR count). The van der Waals surface area contributed by atoms with Gasteiger partial charge < -0.3 is 15.5 Å². The summed E-state index contributed by atoms with van der Waals surface area (Å²) in [6.45, 7) is 3.49. The van der Waals surface area contributed by atoms with Crippen LogP contribution in [0.1, 0.15) is 41.7 Å². The van der Waals surface area contributed by atoms with Gasteiger partial charge in [0.15, 0.2) is 0 Å². The van der Waals surface area contributed by atoms with Crippen molar-refractivity contribution in [2.75, 3.05) is 18.4 Å². The maximum Gasteiger partial charge on any atom is 0.319 e. The number of likely N-dealkylation sites (tertiary alicyclic amines) is 1. The highest BCUT2D eigenvalue weighted by Crippen LogP contribution is 2.19. The van der Waals surface area contributed by atoms with Gasteiger partial charge in [-0.3, -0.25) is 4.79 Å². The summed E-state index contributed by atoms with van der Waals surface area (Å²) in [5.74, 6) is 0.0128. The quantitative estimate of drug-likeness (QED) is 0.833. The smallest absolute Gasteiger partial charge is 0.319 e. The molecule has 3 amide bonds. The summed E-state index contributed by atoms with van der Waals surface area (Å²) in [5.41, 5.74) is 2.10. The number of hydrogen-bond acceptors (Lipinski definition) is 2.